The SMILES string of the molecule is COCCC1(C(=O)OC)CCNCC1.Cl. The summed E-state index contributed by atoms with van der Waals surface area (Å²) in [6.07, 6.45) is 2.46. The van der Waals surface area contributed by atoms with E-state index >= 15 is 0 Å². The number of methoxy groups -OCH3 is 2. The maximum absolute atomic E-state index is 11.7. The van der Waals surface area contributed by atoms with Crippen molar-refractivity contribution in [3.63, 3.8) is 0 Å². The van der Waals surface area contributed by atoms with Crippen LogP contribution in [-0.2, 0) is 14.3 Å². The molecule has 1 aliphatic rings. The summed E-state index contributed by atoms with van der Waals surface area (Å²) in [5.74, 6) is -0.0870. The summed E-state index contributed by atoms with van der Waals surface area (Å²) >= 11 is 0. The molecule has 4 nitrogen and oxygen atoms in total. The summed E-state index contributed by atoms with van der Waals surface area (Å²) in [4.78, 5) is 11.7. The third-order valence-corrected chi connectivity index (χ3v) is 2.96. The van der Waals surface area contributed by atoms with Gasteiger partial charge in [0.05, 0.1) is 12.5 Å². The zero-order valence-electron chi connectivity index (χ0n) is 9.38. The molecule has 1 rings (SSSR count). The van der Waals surface area contributed by atoms with Crippen LogP contribution in [0, 0.1) is 5.41 Å². The highest BCUT2D eigenvalue weighted by atomic mass is 35.5. The number of nitrogens with one attached hydrogen (secondary N) is 1. The molecule has 0 spiro atoms. The molecule has 0 radical (unpaired) electrons. The summed E-state index contributed by atoms with van der Waals surface area (Å²) in [7, 11) is 3.12. The highest BCUT2D eigenvalue weighted by molar-refractivity contribution is 5.85. The molecular weight excluding hydrogens is 218 g/mol. The molecule has 0 bridgehead atoms. The average molecular weight is 238 g/mol. The van der Waals surface area contributed by atoms with Crippen LogP contribution in [0.3, 0.4) is 0 Å². The molecule has 0 unspecified atom stereocenters. The molecule has 0 aromatic carbocycles. The summed E-state index contributed by atoms with van der Waals surface area (Å²) in [5, 5.41) is 3.25. The molecular formula is C10H20ClNO3. The lowest BCUT2D eigenvalue weighted by Crippen LogP contribution is -2.43. The molecule has 1 saturated heterocycles. The summed E-state index contributed by atoms with van der Waals surface area (Å²) < 4.78 is 9.90. The van der Waals surface area contributed by atoms with Crippen LogP contribution in [0.4, 0.5) is 0 Å². The van der Waals surface area contributed by atoms with Crippen LogP contribution in [0.15, 0.2) is 0 Å². The topological polar surface area (TPSA) is 47.6 Å². The third kappa shape index (κ3) is 3.63. The Morgan fingerprint density at radius 3 is 2.40 bits per heavy atom. The number of carbonyl (C=O) groups is 1. The lowest BCUT2D eigenvalue weighted by atomic mass is 9.76. The molecule has 0 aromatic heterocycles. The normalized spacial score (nSPS) is 19.1. The first-order chi connectivity index (χ1) is 6.75. The van der Waals surface area contributed by atoms with E-state index in [4.69, 9.17) is 9.47 Å². The summed E-state index contributed by atoms with van der Waals surface area (Å²) in [6, 6.07) is 0. The zero-order valence-corrected chi connectivity index (χ0v) is 10.2. The van der Waals surface area contributed by atoms with Crippen molar-refractivity contribution < 1.29 is 14.3 Å². The molecule has 90 valence electrons. The molecule has 1 heterocycles. The number of carbonyl (C=O) groups excluding carboxylic acids is 1. The Morgan fingerprint density at radius 2 is 1.93 bits per heavy atom. The van der Waals surface area contributed by atoms with Crippen LogP contribution in [0.1, 0.15) is 19.3 Å². The highest BCUT2D eigenvalue weighted by Crippen LogP contribution is 2.33. The minimum absolute atomic E-state index is 0. The number of esters is 1. The second-order valence-corrected chi connectivity index (χ2v) is 3.76. The fourth-order valence-corrected chi connectivity index (χ4v) is 1.98. The smallest absolute Gasteiger partial charge is 0.311 e. The lowest BCUT2D eigenvalue weighted by Gasteiger charge is -2.34. The summed E-state index contributed by atoms with van der Waals surface area (Å²) in [6.45, 7) is 2.40. The fourth-order valence-electron chi connectivity index (χ4n) is 1.98. The molecule has 0 amide bonds. The Hall–Kier alpha value is -0.320. The van der Waals surface area contributed by atoms with Crippen molar-refractivity contribution in [2.45, 2.75) is 19.3 Å². The van der Waals surface area contributed by atoms with E-state index in [1.54, 1.807) is 7.11 Å². The molecule has 0 atom stereocenters. The first kappa shape index (κ1) is 14.7. The molecule has 5 heteroatoms. The fraction of sp³-hybridized carbons (Fsp3) is 0.900. The van der Waals surface area contributed by atoms with E-state index in [0.717, 1.165) is 32.4 Å². The van der Waals surface area contributed by atoms with E-state index in [9.17, 15) is 4.79 Å². The first-order valence-corrected chi connectivity index (χ1v) is 5.03. The van der Waals surface area contributed by atoms with Crippen LogP contribution in [-0.4, -0.2) is 39.9 Å². The minimum Gasteiger partial charge on any atom is -0.469 e. The Kier molecular flexibility index (Phi) is 6.89. The third-order valence-electron chi connectivity index (χ3n) is 2.96. The van der Waals surface area contributed by atoms with Crippen molar-refractivity contribution in [3.05, 3.63) is 0 Å². The Labute approximate surface area is 97.1 Å². The Bertz CT molecular complexity index is 193. The van der Waals surface area contributed by atoms with Crippen LogP contribution in [0.25, 0.3) is 0 Å². The number of halogens is 1. The van der Waals surface area contributed by atoms with Crippen LogP contribution in [0.5, 0.6) is 0 Å². The predicted octanol–water partition coefficient (Wildman–Crippen LogP) is 0.988. The molecule has 15 heavy (non-hydrogen) atoms. The largest absolute Gasteiger partial charge is 0.469 e. The van der Waals surface area contributed by atoms with Crippen molar-refractivity contribution in [1.82, 2.24) is 5.32 Å². The van der Waals surface area contributed by atoms with Crippen molar-refractivity contribution in [2.75, 3.05) is 33.9 Å². The maximum atomic E-state index is 11.7. The molecule has 1 N–H and O–H groups in total. The van der Waals surface area contributed by atoms with Gasteiger partial charge in [-0.1, -0.05) is 0 Å². The summed E-state index contributed by atoms with van der Waals surface area (Å²) in [5.41, 5.74) is -0.310. The van der Waals surface area contributed by atoms with Gasteiger partial charge in [0.2, 0.25) is 0 Å². The maximum Gasteiger partial charge on any atom is 0.311 e. The van der Waals surface area contributed by atoms with Gasteiger partial charge in [-0.2, -0.15) is 0 Å². The van der Waals surface area contributed by atoms with Gasteiger partial charge in [-0.3, -0.25) is 4.79 Å². The minimum atomic E-state index is -0.310. The zero-order chi connectivity index (χ0) is 10.4. The van der Waals surface area contributed by atoms with Gasteiger partial charge >= 0.3 is 5.97 Å². The van der Waals surface area contributed by atoms with Crippen LogP contribution < -0.4 is 5.32 Å². The van der Waals surface area contributed by atoms with Gasteiger partial charge in [0.1, 0.15) is 0 Å². The molecule has 0 aromatic rings. The Morgan fingerprint density at radius 1 is 1.33 bits per heavy atom. The van der Waals surface area contributed by atoms with Crippen molar-refractivity contribution in [3.8, 4) is 0 Å². The van der Waals surface area contributed by atoms with Gasteiger partial charge < -0.3 is 14.8 Å². The monoisotopic (exact) mass is 237 g/mol. The molecule has 1 aliphatic heterocycles. The van der Waals surface area contributed by atoms with E-state index in [-0.39, 0.29) is 23.8 Å². The van der Waals surface area contributed by atoms with Crippen molar-refractivity contribution in [2.24, 2.45) is 5.41 Å². The van der Waals surface area contributed by atoms with Gasteiger partial charge in [0, 0.05) is 13.7 Å². The van der Waals surface area contributed by atoms with E-state index in [2.05, 4.69) is 5.32 Å². The van der Waals surface area contributed by atoms with Gasteiger partial charge in [-0.15, -0.1) is 12.4 Å². The quantitative estimate of drug-likeness (QED) is 0.741. The van der Waals surface area contributed by atoms with Crippen LogP contribution >= 0.6 is 12.4 Å². The average Bonchev–Trinajstić information content (AvgIpc) is 2.26. The van der Waals surface area contributed by atoms with Gasteiger partial charge in [0.25, 0.3) is 0 Å². The Balaban J connectivity index is 0.00000196. The van der Waals surface area contributed by atoms with E-state index in [1.165, 1.54) is 7.11 Å². The van der Waals surface area contributed by atoms with Gasteiger partial charge in [-0.25, -0.2) is 0 Å². The first-order valence-electron chi connectivity index (χ1n) is 5.03. The second-order valence-electron chi connectivity index (χ2n) is 3.76. The lowest BCUT2D eigenvalue weighted by molar-refractivity contribution is -0.155. The van der Waals surface area contributed by atoms with E-state index in [1.807, 2.05) is 0 Å². The van der Waals surface area contributed by atoms with Crippen molar-refractivity contribution >= 4 is 18.4 Å². The van der Waals surface area contributed by atoms with Gasteiger partial charge in [0.15, 0.2) is 0 Å². The highest BCUT2D eigenvalue weighted by Gasteiger charge is 2.39. The van der Waals surface area contributed by atoms with Crippen molar-refractivity contribution in [1.29, 1.82) is 0 Å². The second kappa shape index (κ2) is 7.04. The molecule has 0 saturated carbocycles. The van der Waals surface area contributed by atoms with Gasteiger partial charge in [-0.05, 0) is 32.4 Å². The number of ether oxygens (including phenoxy) is 2. The predicted molar refractivity (Wildman–Crippen MR) is 60.3 cm³/mol. The number of piperidine rings is 1. The van der Waals surface area contributed by atoms with E-state index in [0.29, 0.717) is 6.61 Å². The molecule has 1 fully saturated rings. The number of rotatable bonds is 4. The standard InChI is InChI=1S/C10H19NO3.ClH/c1-13-8-5-10(9(12)14-2)3-6-11-7-4-10;/h11H,3-8H2,1-2H3;1H. The number of hydrogen-bond donors (Lipinski definition) is 1. The van der Waals surface area contributed by atoms with Crippen LogP contribution in [0.2, 0.25) is 0 Å². The number of hydrogen-bond acceptors (Lipinski definition) is 4. The molecule has 0 aliphatic carbocycles. The van der Waals surface area contributed by atoms with E-state index < -0.39 is 0 Å².